The summed E-state index contributed by atoms with van der Waals surface area (Å²) in [4.78, 5) is 21.2. The summed E-state index contributed by atoms with van der Waals surface area (Å²) in [5.41, 5.74) is 0.863. The number of anilines is 2. The fourth-order valence-electron chi connectivity index (χ4n) is 3.81. The van der Waals surface area contributed by atoms with Crippen molar-refractivity contribution in [2.75, 3.05) is 23.9 Å². The number of thioether (sulfide) groups is 1. The number of amides is 1. The number of carbonyl (C=O) groups is 1. The van der Waals surface area contributed by atoms with Gasteiger partial charge in [0.25, 0.3) is 0 Å². The van der Waals surface area contributed by atoms with Crippen LogP contribution in [0.15, 0.2) is 51.9 Å². The quantitative estimate of drug-likeness (QED) is 0.349. The van der Waals surface area contributed by atoms with Crippen LogP contribution < -0.4 is 10.1 Å². The Morgan fingerprint density at radius 2 is 2.00 bits per heavy atom. The van der Waals surface area contributed by atoms with Crippen molar-refractivity contribution in [3.8, 4) is 17.0 Å². The summed E-state index contributed by atoms with van der Waals surface area (Å²) in [6.45, 7) is 5.53. The summed E-state index contributed by atoms with van der Waals surface area (Å²) in [5.74, 6) is 0.212. The van der Waals surface area contributed by atoms with E-state index in [0.717, 1.165) is 19.0 Å². The molecule has 1 N–H and O–H groups in total. The van der Waals surface area contributed by atoms with Gasteiger partial charge < -0.3 is 14.8 Å². The molecule has 0 fully saturated rings. The van der Waals surface area contributed by atoms with Crippen LogP contribution in [-0.2, 0) is 20.2 Å². The Kier molecular flexibility index (Phi) is 8.75. The highest BCUT2D eigenvalue weighted by molar-refractivity contribution is 7.99. The summed E-state index contributed by atoms with van der Waals surface area (Å²) in [5, 5.41) is 3.06. The molecular formula is C27H30F2N4O4S2. The smallest absolute Gasteiger partial charge is 0.442 e. The Morgan fingerprint density at radius 1 is 1.21 bits per heavy atom. The first kappa shape index (κ1) is 28.8. The first-order valence-corrected chi connectivity index (χ1v) is 15.4. The maximum Gasteiger partial charge on any atom is 0.442 e. The lowest BCUT2D eigenvalue weighted by atomic mass is 10.1. The molecule has 39 heavy (non-hydrogen) atoms. The van der Waals surface area contributed by atoms with Gasteiger partial charge >= 0.3 is 6.09 Å². The third kappa shape index (κ3) is 8.37. The molecule has 0 saturated heterocycles. The number of hydrogen-bond acceptors (Lipinski definition) is 8. The summed E-state index contributed by atoms with van der Waals surface area (Å²) in [7, 11) is -2.98. The van der Waals surface area contributed by atoms with E-state index in [1.165, 1.54) is 36.2 Å². The van der Waals surface area contributed by atoms with Gasteiger partial charge in [-0.2, -0.15) is 0 Å². The topological polar surface area (TPSA) is 103 Å². The number of halogens is 2. The third-order valence-electron chi connectivity index (χ3n) is 5.33. The Hall–Kier alpha value is -3.25. The van der Waals surface area contributed by atoms with Crippen LogP contribution in [0.2, 0.25) is 0 Å². The monoisotopic (exact) mass is 576 g/mol. The van der Waals surface area contributed by atoms with Crippen LogP contribution in [0.5, 0.6) is 5.75 Å². The van der Waals surface area contributed by atoms with Gasteiger partial charge in [0.2, 0.25) is 5.95 Å². The van der Waals surface area contributed by atoms with Crippen molar-refractivity contribution >= 4 is 39.2 Å². The molecule has 208 valence electrons. The van der Waals surface area contributed by atoms with Gasteiger partial charge in [-0.05, 0) is 75.3 Å². The van der Waals surface area contributed by atoms with Gasteiger partial charge in [0.05, 0.1) is 28.3 Å². The van der Waals surface area contributed by atoms with Crippen molar-refractivity contribution in [3.05, 3.63) is 59.8 Å². The van der Waals surface area contributed by atoms with Crippen molar-refractivity contribution < 1.29 is 27.3 Å². The van der Waals surface area contributed by atoms with Crippen LogP contribution in [0.1, 0.15) is 39.2 Å². The lowest BCUT2D eigenvalue weighted by Gasteiger charge is -2.17. The minimum absolute atomic E-state index is 0.0385. The number of ether oxygens (including phenoxy) is 2. The molecule has 0 spiro atoms. The normalized spacial score (nSPS) is 15.3. The highest BCUT2D eigenvalue weighted by Gasteiger charge is 2.19. The van der Waals surface area contributed by atoms with Crippen LogP contribution in [0.3, 0.4) is 0 Å². The summed E-state index contributed by atoms with van der Waals surface area (Å²) >= 11 is 1.42. The standard InChI is InChI=1S/C27H30F2N4O4S2/c1-27(2,3)37-26(34)33-39(4,35)16-17-11-19-14-20(12-17)36-9-5-6-10-38-23-13-18(28)7-8-21(23)24-22(29)15-30-25(31-19)32-24/h7-8,11-15H,5-6,9-10,16H2,1-4H3,(H,30,31,32). The van der Waals surface area contributed by atoms with Gasteiger partial charge in [-0.15, -0.1) is 16.1 Å². The van der Waals surface area contributed by atoms with Gasteiger partial charge in [-0.25, -0.2) is 27.8 Å². The number of aromatic nitrogens is 2. The lowest BCUT2D eigenvalue weighted by Crippen LogP contribution is -2.22. The molecule has 12 heteroatoms. The maximum atomic E-state index is 14.8. The van der Waals surface area contributed by atoms with E-state index in [2.05, 4.69) is 19.6 Å². The molecule has 2 heterocycles. The first-order valence-electron chi connectivity index (χ1n) is 12.3. The molecule has 1 amide bonds. The molecule has 0 saturated carbocycles. The van der Waals surface area contributed by atoms with Crippen LogP contribution in [0.25, 0.3) is 11.3 Å². The Bertz CT molecular complexity index is 1500. The van der Waals surface area contributed by atoms with Crippen LogP contribution in [0, 0.1) is 11.6 Å². The van der Waals surface area contributed by atoms with Crippen molar-refractivity contribution in [2.24, 2.45) is 4.36 Å². The van der Waals surface area contributed by atoms with E-state index in [1.54, 1.807) is 39.0 Å². The molecule has 4 bridgehead atoms. The van der Waals surface area contributed by atoms with Crippen molar-refractivity contribution in [2.45, 2.75) is 49.9 Å². The molecule has 1 unspecified atom stereocenters. The van der Waals surface area contributed by atoms with E-state index >= 15 is 0 Å². The van der Waals surface area contributed by atoms with E-state index in [4.69, 9.17) is 9.47 Å². The number of nitrogens with zero attached hydrogens (tertiary/aromatic N) is 3. The van der Waals surface area contributed by atoms with Gasteiger partial charge in [-0.3, -0.25) is 0 Å². The number of hydrogen-bond donors (Lipinski definition) is 1. The number of nitrogens with one attached hydrogen (secondary N) is 1. The van der Waals surface area contributed by atoms with Crippen molar-refractivity contribution in [3.63, 3.8) is 0 Å². The van der Waals surface area contributed by atoms with Gasteiger partial charge in [0.15, 0.2) is 5.82 Å². The fraction of sp³-hybridized carbons (Fsp3) is 0.370. The van der Waals surface area contributed by atoms with E-state index in [1.807, 2.05) is 0 Å². The fourth-order valence-corrected chi connectivity index (χ4v) is 6.10. The molecular weight excluding hydrogens is 546 g/mol. The van der Waals surface area contributed by atoms with Crippen molar-refractivity contribution in [1.29, 1.82) is 0 Å². The highest BCUT2D eigenvalue weighted by atomic mass is 32.2. The Balaban J connectivity index is 1.70. The zero-order valence-electron chi connectivity index (χ0n) is 22.1. The second-order valence-electron chi connectivity index (χ2n) is 10.1. The first-order chi connectivity index (χ1) is 18.4. The molecule has 0 radical (unpaired) electrons. The molecule has 1 atom stereocenters. The predicted molar refractivity (Wildman–Crippen MR) is 149 cm³/mol. The number of benzene rings is 2. The number of fused-ring (bicyclic) bond motifs is 6. The average molecular weight is 577 g/mol. The summed E-state index contributed by atoms with van der Waals surface area (Å²) in [6.07, 6.45) is 3.06. The van der Waals surface area contributed by atoms with Crippen LogP contribution in [-0.4, -0.2) is 44.5 Å². The van der Waals surface area contributed by atoms with Gasteiger partial charge in [0, 0.05) is 28.5 Å². The highest BCUT2D eigenvalue weighted by Crippen LogP contribution is 2.34. The Morgan fingerprint density at radius 3 is 2.77 bits per heavy atom. The average Bonchev–Trinajstić information content (AvgIpc) is 2.80. The Labute approximate surface area is 231 Å². The van der Waals surface area contributed by atoms with Crippen LogP contribution in [0.4, 0.5) is 25.2 Å². The maximum absolute atomic E-state index is 14.8. The molecule has 2 aromatic carbocycles. The van der Waals surface area contributed by atoms with Crippen LogP contribution >= 0.6 is 11.8 Å². The van der Waals surface area contributed by atoms with Gasteiger partial charge in [0.1, 0.15) is 22.9 Å². The second kappa shape index (κ2) is 11.9. The predicted octanol–water partition coefficient (Wildman–Crippen LogP) is 6.96. The molecule has 3 aromatic rings. The summed E-state index contributed by atoms with van der Waals surface area (Å²) in [6, 6.07) is 9.35. The number of carbonyl (C=O) groups excluding carboxylic acids is 1. The zero-order chi connectivity index (χ0) is 28.2. The van der Waals surface area contributed by atoms with E-state index < -0.39 is 33.1 Å². The molecule has 4 rings (SSSR count). The third-order valence-corrected chi connectivity index (χ3v) is 7.87. The zero-order valence-corrected chi connectivity index (χ0v) is 23.8. The largest absolute Gasteiger partial charge is 0.494 e. The molecule has 1 aromatic heterocycles. The van der Waals surface area contributed by atoms with Gasteiger partial charge in [-0.1, -0.05) is 0 Å². The minimum atomic E-state index is -2.98. The van der Waals surface area contributed by atoms with E-state index in [-0.39, 0.29) is 17.4 Å². The molecule has 8 nitrogen and oxygen atoms in total. The van der Waals surface area contributed by atoms with E-state index in [0.29, 0.717) is 39.8 Å². The molecule has 0 aliphatic carbocycles. The molecule has 1 aliphatic rings. The SMILES string of the molecule is CC(C)(C)OC(=O)N=S(C)(=O)Cc1cc2cc(c1)OCCCCSc1cc(F)ccc1-c1nc(ncc1F)N2. The summed E-state index contributed by atoms with van der Waals surface area (Å²) < 4.78 is 57.0. The minimum Gasteiger partial charge on any atom is -0.494 e. The number of rotatable bonds is 2. The molecule has 1 aliphatic heterocycles. The van der Waals surface area contributed by atoms with Crippen molar-refractivity contribution in [1.82, 2.24) is 9.97 Å². The second-order valence-corrected chi connectivity index (χ2v) is 13.6. The van der Waals surface area contributed by atoms with E-state index in [9.17, 15) is 17.8 Å². The lowest BCUT2D eigenvalue weighted by molar-refractivity contribution is 0.0607.